The maximum absolute atomic E-state index is 5.02. The molecule has 1 aliphatic carbocycles. The molecule has 21 heavy (non-hydrogen) atoms. The van der Waals surface area contributed by atoms with E-state index in [0.29, 0.717) is 6.04 Å². The van der Waals surface area contributed by atoms with E-state index in [2.05, 4.69) is 51.8 Å². The van der Waals surface area contributed by atoms with Crippen molar-refractivity contribution in [2.45, 2.75) is 84.8 Å². The Kier molecular flexibility index (Phi) is 5.31. The summed E-state index contributed by atoms with van der Waals surface area (Å²) in [5.74, 6) is 0. The summed E-state index contributed by atoms with van der Waals surface area (Å²) >= 11 is 1.88. The first-order valence-electron chi connectivity index (χ1n) is 8.37. The van der Waals surface area contributed by atoms with Crippen molar-refractivity contribution >= 4 is 16.5 Å². The van der Waals surface area contributed by atoms with Gasteiger partial charge in [0.1, 0.15) is 0 Å². The molecule has 1 aromatic heterocycles. The monoisotopic (exact) mass is 309 g/mol. The van der Waals surface area contributed by atoms with E-state index in [0.717, 1.165) is 25.6 Å². The maximum atomic E-state index is 5.02. The third-order valence-corrected chi connectivity index (χ3v) is 5.33. The van der Waals surface area contributed by atoms with E-state index in [4.69, 9.17) is 4.98 Å². The van der Waals surface area contributed by atoms with E-state index in [-0.39, 0.29) is 5.41 Å². The van der Waals surface area contributed by atoms with E-state index < -0.39 is 0 Å². The number of hydrogen-bond donors (Lipinski definition) is 1. The second-order valence-corrected chi connectivity index (χ2v) is 8.28. The number of rotatable bonds is 7. The largest absolute Gasteiger partial charge is 0.346 e. The molecule has 1 N–H and O–H groups in total. The molecule has 0 spiro atoms. The molecule has 1 saturated carbocycles. The van der Waals surface area contributed by atoms with Gasteiger partial charge in [-0.3, -0.25) is 0 Å². The smallest absolute Gasteiger partial charge is 0.186 e. The first-order chi connectivity index (χ1) is 9.86. The summed E-state index contributed by atoms with van der Waals surface area (Å²) < 4.78 is 0. The van der Waals surface area contributed by atoms with E-state index >= 15 is 0 Å². The molecule has 0 amide bonds. The minimum Gasteiger partial charge on any atom is -0.346 e. The summed E-state index contributed by atoms with van der Waals surface area (Å²) in [5.41, 5.74) is 1.39. The van der Waals surface area contributed by atoms with Crippen LogP contribution in [0.5, 0.6) is 0 Å². The van der Waals surface area contributed by atoms with Gasteiger partial charge in [-0.15, -0.1) is 11.3 Å². The molecule has 0 bridgehead atoms. The van der Waals surface area contributed by atoms with Crippen LogP contribution in [-0.4, -0.2) is 23.6 Å². The number of thiazole rings is 1. The molecule has 0 radical (unpaired) electrons. The molecule has 1 aliphatic rings. The molecule has 0 aromatic carbocycles. The van der Waals surface area contributed by atoms with Crippen LogP contribution in [0.4, 0.5) is 5.13 Å². The topological polar surface area (TPSA) is 28.2 Å². The molecule has 120 valence electrons. The zero-order valence-electron chi connectivity index (χ0n) is 14.5. The number of hydrogen-bond acceptors (Lipinski definition) is 4. The highest BCUT2D eigenvalue weighted by Crippen LogP contribution is 2.35. The van der Waals surface area contributed by atoms with Crippen LogP contribution in [0.1, 0.15) is 71.4 Å². The Labute approximate surface area is 134 Å². The number of nitrogens with zero attached hydrogens (tertiary/aromatic N) is 2. The van der Waals surface area contributed by atoms with Gasteiger partial charge in [0.2, 0.25) is 0 Å². The van der Waals surface area contributed by atoms with Crippen LogP contribution in [0.3, 0.4) is 0 Å². The Bertz CT molecular complexity index is 457. The minimum absolute atomic E-state index is 0.115. The van der Waals surface area contributed by atoms with Crippen molar-refractivity contribution in [2.24, 2.45) is 0 Å². The average molecular weight is 310 g/mol. The third kappa shape index (κ3) is 4.19. The Morgan fingerprint density at radius 3 is 2.48 bits per heavy atom. The summed E-state index contributed by atoms with van der Waals surface area (Å²) in [7, 11) is 0. The molecule has 3 nitrogen and oxygen atoms in total. The zero-order valence-corrected chi connectivity index (χ0v) is 15.3. The summed E-state index contributed by atoms with van der Waals surface area (Å²) in [6.07, 6.45) is 3.84. The Balaban J connectivity index is 2.25. The van der Waals surface area contributed by atoms with Crippen LogP contribution in [-0.2, 0) is 12.0 Å². The molecule has 1 atom stereocenters. The zero-order chi connectivity index (χ0) is 15.6. The molecule has 2 rings (SSSR count). The number of nitrogens with one attached hydrogen (secondary N) is 1. The third-order valence-electron chi connectivity index (χ3n) is 4.23. The van der Waals surface area contributed by atoms with E-state index in [9.17, 15) is 0 Å². The standard InChI is InChI=1S/C17H31N3S/c1-7-12(3)20(8-2)16-19-15(17(4,5)6)14(21-16)11-18-13-9-10-13/h12-13,18H,7-11H2,1-6H3. The van der Waals surface area contributed by atoms with Gasteiger partial charge in [0, 0.05) is 35.5 Å². The van der Waals surface area contributed by atoms with Gasteiger partial charge < -0.3 is 10.2 Å². The molecular weight excluding hydrogens is 278 g/mol. The van der Waals surface area contributed by atoms with Crippen molar-refractivity contribution in [1.29, 1.82) is 0 Å². The van der Waals surface area contributed by atoms with Gasteiger partial charge in [-0.05, 0) is 33.1 Å². The normalized spacial score (nSPS) is 17.0. The van der Waals surface area contributed by atoms with Crippen LogP contribution in [0.2, 0.25) is 0 Å². The molecule has 0 aliphatic heterocycles. The van der Waals surface area contributed by atoms with Crippen LogP contribution >= 0.6 is 11.3 Å². The fraction of sp³-hybridized carbons (Fsp3) is 0.824. The van der Waals surface area contributed by atoms with Gasteiger partial charge in [-0.25, -0.2) is 4.98 Å². The first kappa shape index (κ1) is 16.8. The van der Waals surface area contributed by atoms with E-state index in [1.54, 1.807) is 0 Å². The molecule has 0 saturated heterocycles. The highest BCUT2D eigenvalue weighted by atomic mass is 32.1. The van der Waals surface area contributed by atoms with Crippen LogP contribution in [0.15, 0.2) is 0 Å². The predicted octanol–water partition coefficient (Wildman–Crippen LogP) is 4.32. The molecule has 1 heterocycles. The fourth-order valence-corrected chi connectivity index (χ4v) is 3.94. The predicted molar refractivity (Wildman–Crippen MR) is 93.4 cm³/mol. The van der Waals surface area contributed by atoms with E-state index in [1.165, 1.54) is 28.5 Å². The summed E-state index contributed by atoms with van der Waals surface area (Å²) in [5, 5.41) is 4.85. The molecule has 4 heteroatoms. The summed E-state index contributed by atoms with van der Waals surface area (Å²) in [6.45, 7) is 15.6. The Morgan fingerprint density at radius 2 is 2.00 bits per heavy atom. The van der Waals surface area contributed by atoms with Crippen molar-refractivity contribution in [3.05, 3.63) is 10.6 Å². The van der Waals surface area contributed by atoms with Gasteiger partial charge in [-0.2, -0.15) is 0 Å². The van der Waals surface area contributed by atoms with Gasteiger partial charge in [0.05, 0.1) is 5.69 Å². The Morgan fingerprint density at radius 1 is 1.33 bits per heavy atom. The van der Waals surface area contributed by atoms with Gasteiger partial charge in [-0.1, -0.05) is 27.7 Å². The Hall–Kier alpha value is -0.610. The van der Waals surface area contributed by atoms with Crippen LogP contribution in [0.25, 0.3) is 0 Å². The molecule has 1 aromatic rings. The fourth-order valence-electron chi connectivity index (χ4n) is 2.55. The van der Waals surface area contributed by atoms with Crippen molar-refractivity contribution in [2.75, 3.05) is 11.4 Å². The quantitative estimate of drug-likeness (QED) is 0.813. The van der Waals surface area contributed by atoms with Gasteiger partial charge >= 0.3 is 0 Å². The van der Waals surface area contributed by atoms with Gasteiger partial charge in [0.25, 0.3) is 0 Å². The summed E-state index contributed by atoms with van der Waals surface area (Å²) in [4.78, 5) is 8.89. The van der Waals surface area contributed by atoms with Crippen molar-refractivity contribution in [1.82, 2.24) is 10.3 Å². The SMILES string of the molecule is CCC(C)N(CC)c1nc(C(C)(C)C)c(CNC2CC2)s1. The molecule has 1 unspecified atom stereocenters. The first-order valence-corrected chi connectivity index (χ1v) is 9.18. The highest BCUT2D eigenvalue weighted by molar-refractivity contribution is 7.15. The molecular formula is C17H31N3S. The lowest BCUT2D eigenvalue weighted by molar-refractivity contribution is 0.556. The highest BCUT2D eigenvalue weighted by Gasteiger charge is 2.27. The van der Waals surface area contributed by atoms with Crippen LogP contribution < -0.4 is 10.2 Å². The lowest BCUT2D eigenvalue weighted by Crippen LogP contribution is -2.32. The van der Waals surface area contributed by atoms with Crippen molar-refractivity contribution < 1.29 is 0 Å². The number of aromatic nitrogens is 1. The second kappa shape index (κ2) is 6.66. The summed E-state index contributed by atoms with van der Waals surface area (Å²) in [6, 6.07) is 1.30. The lowest BCUT2D eigenvalue weighted by Gasteiger charge is -2.26. The van der Waals surface area contributed by atoms with Crippen LogP contribution in [0, 0.1) is 0 Å². The van der Waals surface area contributed by atoms with E-state index in [1.807, 2.05) is 11.3 Å². The molecule has 1 fully saturated rings. The minimum atomic E-state index is 0.115. The lowest BCUT2D eigenvalue weighted by atomic mass is 9.91. The average Bonchev–Trinajstić information content (AvgIpc) is 3.15. The van der Waals surface area contributed by atoms with Crippen molar-refractivity contribution in [3.63, 3.8) is 0 Å². The second-order valence-electron chi connectivity index (χ2n) is 7.22. The number of anilines is 1. The van der Waals surface area contributed by atoms with Crippen molar-refractivity contribution in [3.8, 4) is 0 Å². The maximum Gasteiger partial charge on any atom is 0.186 e. The van der Waals surface area contributed by atoms with Gasteiger partial charge in [0.15, 0.2) is 5.13 Å².